The van der Waals surface area contributed by atoms with Gasteiger partial charge in [0, 0.05) is 28.7 Å². The summed E-state index contributed by atoms with van der Waals surface area (Å²) < 4.78 is 0. The average molecular weight is 297 g/mol. The molecule has 1 aromatic rings. The Bertz CT molecular complexity index is 496. The predicted octanol–water partition coefficient (Wildman–Crippen LogP) is 3.29. The van der Waals surface area contributed by atoms with Crippen molar-refractivity contribution >= 4 is 11.6 Å². The molecule has 20 heavy (non-hydrogen) atoms. The van der Waals surface area contributed by atoms with E-state index in [1.54, 1.807) is 0 Å². The first kappa shape index (κ1) is 15.6. The van der Waals surface area contributed by atoms with E-state index in [4.69, 9.17) is 17.3 Å². The van der Waals surface area contributed by atoms with Gasteiger partial charge in [-0.05, 0) is 43.5 Å². The lowest BCUT2D eigenvalue weighted by Gasteiger charge is -2.26. The van der Waals surface area contributed by atoms with E-state index in [-0.39, 0.29) is 11.5 Å². The van der Waals surface area contributed by atoms with Crippen LogP contribution in [0.2, 0.25) is 5.02 Å². The smallest absolute Gasteiger partial charge is 0.124 e. The largest absolute Gasteiger partial charge is 0.507 e. The summed E-state index contributed by atoms with van der Waals surface area (Å²) in [5.41, 5.74) is 7.50. The maximum Gasteiger partial charge on any atom is 0.124 e. The van der Waals surface area contributed by atoms with Crippen molar-refractivity contribution in [1.82, 2.24) is 4.90 Å². The molecule has 4 heteroatoms. The Morgan fingerprint density at radius 3 is 2.55 bits per heavy atom. The van der Waals surface area contributed by atoms with Crippen LogP contribution in [0.3, 0.4) is 0 Å². The first-order valence-corrected chi connectivity index (χ1v) is 7.55. The molecule has 1 aliphatic rings. The molecule has 1 aliphatic heterocycles. The lowest BCUT2D eigenvalue weighted by atomic mass is 9.84. The number of phenols is 1. The van der Waals surface area contributed by atoms with E-state index < -0.39 is 0 Å². The van der Waals surface area contributed by atoms with Crippen LogP contribution in [0.1, 0.15) is 44.4 Å². The van der Waals surface area contributed by atoms with Crippen molar-refractivity contribution in [2.45, 2.75) is 38.6 Å². The normalized spacial score (nSPS) is 24.3. The minimum absolute atomic E-state index is 0.131. The van der Waals surface area contributed by atoms with Crippen molar-refractivity contribution in [2.75, 3.05) is 20.1 Å². The lowest BCUT2D eigenvalue weighted by molar-refractivity contribution is 0.304. The molecule has 3 N–H and O–H groups in total. The number of nitrogens with zero attached hydrogens (tertiary/aromatic N) is 1. The molecular formula is C16H25ClN2O. The van der Waals surface area contributed by atoms with Gasteiger partial charge < -0.3 is 10.8 Å². The van der Waals surface area contributed by atoms with E-state index in [1.807, 2.05) is 12.1 Å². The van der Waals surface area contributed by atoms with Crippen LogP contribution in [0.25, 0.3) is 0 Å². The highest BCUT2D eigenvalue weighted by molar-refractivity contribution is 6.30. The molecule has 0 saturated carbocycles. The summed E-state index contributed by atoms with van der Waals surface area (Å²) in [6.45, 7) is 7.92. The molecule has 1 fully saturated rings. The second-order valence-electron chi connectivity index (χ2n) is 6.93. The van der Waals surface area contributed by atoms with Gasteiger partial charge >= 0.3 is 0 Å². The van der Waals surface area contributed by atoms with Crippen LogP contribution in [0.15, 0.2) is 12.1 Å². The highest BCUT2D eigenvalue weighted by Crippen LogP contribution is 2.43. The fourth-order valence-corrected chi connectivity index (χ4v) is 3.31. The summed E-state index contributed by atoms with van der Waals surface area (Å²) in [6, 6.07) is 3.96. The second-order valence-corrected chi connectivity index (χ2v) is 7.37. The van der Waals surface area contributed by atoms with Gasteiger partial charge in [-0.15, -0.1) is 0 Å². The fourth-order valence-electron chi connectivity index (χ4n) is 3.09. The number of rotatable bonds is 2. The number of likely N-dealkylation sites (tertiary alicyclic amines) is 1. The first-order chi connectivity index (χ1) is 9.24. The molecule has 0 spiro atoms. The third-order valence-corrected chi connectivity index (χ3v) is 4.46. The monoisotopic (exact) mass is 296 g/mol. The number of phenolic OH excluding ortho intramolecular Hbond substituents is 1. The van der Waals surface area contributed by atoms with Gasteiger partial charge in [-0.25, -0.2) is 0 Å². The average Bonchev–Trinajstić information content (AvgIpc) is 2.71. The van der Waals surface area contributed by atoms with E-state index in [1.165, 1.54) is 0 Å². The maximum atomic E-state index is 10.7. The third-order valence-electron chi connectivity index (χ3n) is 4.24. The van der Waals surface area contributed by atoms with Gasteiger partial charge in [-0.2, -0.15) is 0 Å². The third kappa shape index (κ3) is 2.95. The SMILES string of the molecule is CN1CC(CN)CC1c1cc(Cl)cc(C(C)(C)C)c1O. The Kier molecular flexibility index (Phi) is 4.33. The zero-order valence-electron chi connectivity index (χ0n) is 12.8. The first-order valence-electron chi connectivity index (χ1n) is 7.17. The predicted molar refractivity (Wildman–Crippen MR) is 84.3 cm³/mol. The van der Waals surface area contributed by atoms with Crippen LogP contribution < -0.4 is 5.73 Å². The number of hydrogen-bond acceptors (Lipinski definition) is 3. The van der Waals surface area contributed by atoms with E-state index in [0.717, 1.165) is 24.1 Å². The van der Waals surface area contributed by atoms with E-state index in [9.17, 15) is 5.11 Å². The van der Waals surface area contributed by atoms with E-state index in [0.29, 0.717) is 23.2 Å². The van der Waals surface area contributed by atoms with Gasteiger partial charge in [-0.1, -0.05) is 32.4 Å². The van der Waals surface area contributed by atoms with Crippen molar-refractivity contribution in [3.8, 4) is 5.75 Å². The summed E-state index contributed by atoms with van der Waals surface area (Å²) in [4.78, 5) is 2.26. The molecular weight excluding hydrogens is 272 g/mol. The zero-order chi connectivity index (χ0) is 15.1. The van der Waals surface area contributed by atoms with Gasteiger partial charge in [0.15, 0.2) is 0 Å². The van der Waals surface area contributed by atoms with Crippen molar-refractivity contribution in [1.29, 1.82) is 0 Å². The number of hydrogen-bond donors (Lipinski definition) is 2. The summed E-state index contributed by atoms with van der Waals surface area (Å²) in [5.74, 6) is 0.873. The molecule has 2 rings (SSSR count). The van der Waals surface area contributed by atoms with E-state index in [2.05, 4.69) is 32.7 Å². The van der Waals surface area contributed by atoms with Crippen LogP contribution in [0, 0.1) is 5.92 Å². The molecule has 0 bridgehead atoms. The molecule has 3 nitrogen and oxygen atoms in total. The van der Waals surface area contributed by atoms with Crippen molar-refractivity contribution < 1.29 is 5.11 Å². The molecule has 0 amide bonds. The number of aromatic hydroxyl groups is 1. The number of benzene rings is 1. The summed E-state index contributed by atoms with van der Waals surface area (Å²) in [7, 11) is 2.08. The highest BCUT2D eigenvalue weighted by atomic mass is 35.5. The van der Waals surface area contributed by atoms with Crippen LogP contribution in [-0.4, -0.2) is 30.1 Å². The molecule has 112 valence electrons. The Balaban J connectivity index is 2.45. The van der Waals surface area contributed by atoms with Crippen LogP contribution >= 0.6 is 11.6 Å². The van der Waals surface area contributed by atoms with Gasteiger partial charge in [0.05, 0.1) is 0 Å². The molecule has 1 saturated heterocycles. The summed E-state index contributed by atoms with van der Waals surface area (Å²) >= 11 is 6.27. The summed E-state index contributed by atoms with van der Waals surface area (Å²) in [6.07, 6.45) is 0.977. The van der Waals surface area contributed by atoms with Crippen molar-refractivity contribution in [3.05, 3.63) is 28.3 Å². The van der Waals surface area contributed by atoms with Crippen LogP contribution in [-0.2, 0) is 5.41 Å². The number of halogens is 1. The summed E-state index contributed by atoms with van der Waals surface area (Å²) in [5, 5.41) is 11.4. The molecule has 1 aromatic carbocycles. The zero-order valence-corrected chi connectivity index (χ0v) is 13.5. The van der Waals surface area contributed by atoms with Gasteiger partial charge in [-0.3, -0.25) is 4.90 Å². The van der Waals surface area contributed by atoms with Crippen molar-refractivity contribution in [3.63, 3.8) is 0 Å². The van der Waals surface area contributed by atoms with Crippen LogP contribution in [0.5, 0.6) is 5.75 Å². The second kappa shape index (κ2) is 5.55. The van der Waals surface area contributed by atoms with Gasteiger partial charge in [0.1, 0.15) is 5.75 Å². The minimum atomic E-state index is -0.131. The molecule has 0 radical (unpaired) electrons. The van der Waals surface area contributed by atoms with E-state index >= 15 is 0 Å². The van der Waals surface area contributed by atoms with Gasteiger partial charge in [0.2, 0.25) is 0 Å². The highest BCUT2D eigenvalue weighted by Gasteiger charge is 2.33. The maximum absolute atomic E-state index is 10.7. The molecule has 2 atom stereocenters. The molecule has 0 aromatic heterocycles. The minimum Gasteiger partial charge on any atom is -0.507 e. The fraction of sp³-hybridized carbons (Fsp3) is 0.625. The Morgan fingerprint density at radius 2 is 2.05 bits per heavy atom. The standard InChI is InChI=1S/C16H25ClN2O/c1-16(2,3)13-7-11(17)6-12(15(13)20)14-5-10(8-18)9-19(14)4/h6-7,10,14,20H,5,8-9,18H2,1-4H3. The quantitative estimate of drug-likeness (QED) is 0.880. The van der Waals surface area contributed by atoms with Crippen LogP contribution in [0.4, 0.5) is 0 Å². The topological polar surface area (TPSA) is 49.5 Å². The van der Waals surface area contributed by atoms with Crippen molar-refractivity contribution in [2.24, 2.45) is 11.7 Å². The Morgan fingerprint density at radius 1 is 1.40 bits per heavy atom. The molecule has 0 aliphatic carbocycles. The molecule has 2 unspecified atom stereocenters. The Hall–Kier alpha value is -0.770. The molecule has 1 heterocycles. The lowest BCUT2D eigenvalue weighted by Crippen LogP contribution is -2.21. The number of nitrogens with two attached hydrogens (primary N) is 1. The Labute approximate surface area is 126 Å². The van der Waals surface area contributed by atoms with Gasteiger partial charge in [0.25, 0.3) is 0 Å².